The zero-order chi connectivity index (χ0) is 5.77. The Bertz CT molecular complexity index is 147. The normalized spacial score (nSPS) is 108. The van der Waals surface area contributed by atoms with Gasteiger partial charge in [-0.15, -0.1) is 0 Å². The van der Waals surface area contributed by atoms with Crippen molar-refractivity contribution in [1.82, 2.24) is 0 Å². The standard InChI is InChI=1S/H10Si10/c1-2-5-3(1)7-8-4(1)6(2)10(8)9(5)7/h1-10H. The quantitative estimate of drug-likeness (QED) is 0.389. The lowest BCUT2D eigenvalue weighted by Crippen LogP contribution is -3.00. The molecule has 5 aliphatic heterocycles. The largest absolute Gasteiger partial charge is 0.00523 e. The monoisotopic (exact) mass is 290 g/mol. The Morgan fingerprint density at radius 3 is 0.400 bits per heavy atom. The van der Waals surface area contributed by atoms with Crippen LogP contribution in [0, 0.1) is 0 Å². The van der Waals surface area contributed by atoms with Crippen molar-refractivity contribution >= 4 is 73.5 Å². The third-order valence-electron chi connectivity index (χ3n) is 6.67. The molecule has 10 heavy (non-hydrogen) atoms. The Labute approximate surface area is 72.9 Å². The Morgan fingerprint density at radius 1 is 0.200 bits per heavy atom. The molecular formula is H10Si10. The molecule has 0 aromatic rings. The first-order valence-electron chi connectivity index (χ1n) is 5.00. The minimum absolute atomic E-state index is 0.778. The highest BCUT2D eigenvalue weighted by atomic mass is 31.1. The molecule has 0 bridgehead atoms. The van der Waals surface area contributed by atoms with Crippen LogP contribution in [-0.2, 0) is 0 Å². The summed E-state index contributed by atoms with van der Waals surface area (Å²) in [5.41, 5.74) is 0. The van der Waals surface area contributed by atoms with Crippen LogP contribution in [-0.4, -0.2) is 73.5 Å². The van der Waals surface area contributed by atoms with Crippen LogP contribution in [0.3, 0.4) is 0 Å². The van der Waals surface area contributed by atoms with Gasteiger partial charge in [0.15, 0.2) is 0 Å². The molecule has 5 aliphatic rings. The van der Waals surface area contributed by atoms with Gasteiger partial charge in [-0.05, 0) is 73.5 Å². The van der Waals surface area contributed by atoms with Crippen LogP contribution in [0.4, 0.5) is 0 Å². The predicted octanol–water partition coefficient (Wildman–Crippen LogP) is -6.48. The molecule has 0 nitrogen and oxygen atoms in total. The molecule has 10 heteroatoms. The summed E-state index contributed by atoms with van der Waals surface area (Å²) in [6.45, 7) is 0. The van der Waals surface area contributed by atoms with E-state index in [1.165, 1.54) is 0 Å². The third kappa shape index (κ3) is 0.221. The van der Waals surface area contributed by atoms with Crippen molar-refractivity contribution in [3.8, 4) is 0 Å². The minimum atomic E-state index is 0.778. The van der Waals surface area contributed by atoms with E-state index < -0.39 is 0 Å². The van der Waals surface area contributed by atoms with Gasteiger partial charge in [0.1, 0.15) is 0 Å². The van der Waals surface area contributed by atoms with Gasteiger partial charge in [0.25, 0.3) is 0 Å². The van der Waals surface area contributed by atoms with Crippen LogP contribution >= 0.6 is 0 Å². The van der Waals surface area contributed by atoms with E-state index in [-0.39, 0.29) is 0 Å². The van der Waals surface area contributed by atoms with Gasteiger partial charge in [0.2, 0.25) is 0 Å². The zero-order valence-corrected chi connectivity index (χ0v) is 17.3. The smallest absolute Gasteiger partial charge is 0.00523 e. The van der Waals surface area contributed by atoms with E-state index in [9.17, 15) is 0 Å². The molecule has 0 unspecified atom stereocenters. The van der Waals surface area contributed by atoms with Crippen LogP contribution in [0.25, 0.3) is 0 Å². The number of hydrogen-bond acceptors (Lipinski definition) is 0. The van der Waals surface area contributed by atoms with E-state index in [0.29, 0.717) is 0 Å². The third-order valence-corrected chi connectivity index (χ3v) is 540. The molecule has 0 spiro atoms. The molecule has 0 radical (unpaired) electrons. The van der Waals surface area contributed by atoms with Crippen molar-refractivity contribution < 1.29 is 0 Å². The van der Waals surface area contributed by atoms with Crippen LogP contribution in [0.5, 0.6) is 0 Å². The molecular weight excluding hydrogens is 281 g/mol. The van der Waals surface area contributed by atoms with Crippen molar-refractivity contribution in [1.29, 1.82) is 0 Å². The second-order valence-electron chi connectivity index (χ2n) is 5.77. The van der Waals surface area contributed by atoms with Crippen LogP contribution in [0.1, 0.15) is 0 Å². The first-order valence-corrected chi connectivity index (χ1v) is 45.0. The molecule has 50 valence electrons. The van der Waals surface area contributed by atoms with Gasteiger partial charge < -0.3 is 0 Å². The van der Waals surface area contributed by atoms with E-state index in [2.05, 4.69) is 0 Å². The molecule has 5 rings (SSSR count). The topological polar surface area (TPSA) is 0 Å². The van der Waals surface area contributed by atoms with E-state index in [1.807, 2.05) is 0 Å². The lowest BCUT2D eigenvalue weighted by molar-refractivity contribution is 3.14. The van der Waals surface area contributed by atoms with Gasteiger partial charge in [-0.2, -0.15) is 0 Å². The SMILES string of the molecule is [SiH]12[SiH]3[SiH]4[SiH]1[SiH]1[SiH]2[SiH]2[SiH]3[SiH]4[SiH]12. The molecule has 5 saturated heterocycles. The highest BCUT2D eigenvalue weighted by Crippen LogP contribution is 2.63. The van der Waals surface area contributed by atoms with Gasteiger partial charge in [0, 0.05) is 0 Å². The summed E-state index contributed by atoms with van der Waals surface area (Å²) in [5, 5.41) is 0. The second-order valence-corrected chi connectivity index (χ2v) is 156. The maximum Gasteiger partial charge on any atom is -0.00523 e. The van der Waals surface area contributed by atoms with Gasteiger partial charge in [0.05, 0.1) is 0 Å². The molecule has 5 fully saturated rings. The molecule has 0 aliphatic carbocycles. The van der Waals surface area contributed by atoms with Crippen molar-refractivity contribution in [2.45, 2.75) is 0 Å². The summed E-state index contributed by atoms with van der Waals surface area (Å²) in [6, 6.07) is 0. The summed E-state index contributed by atoms with van der Waals surface area (Å²) < 4.78 is 0. The second kappa shape index (κ2) is 1.12. The molecule has 0 aromatic heterocycles. The fourth-order valence-corrected chi connectivity index (χ4v) is 1600. The molecule has 0 aromatic carbocycles. The van der Waals surface area contributed by atoms with Gasteiger partial charge in [-0.1, -0.05) is 0 Å². The molecule has 0 atom stereocenters. The zero-order valence-electron chi connectivity index (χ0n) is 5.77. The Hall–Kier alpha value is 2.17. The average molecular weight is 291 g/mol. The van der Waals surface area contributed by atoms with Crippen LogP contribution in [0.15, 0.2) is 0 Å². The Morgan fingerprint density at radius 2 is 0.300 bits per heavy atom. The van der Waals surface area contributed by atoms with Crippen molar-refractivity contribution in [3.63, 3.8) is 0 Å². The maximum atomic E-state index is 0.778. The summed E-state index contributed by atoms with van der Waals surface area (Å²) in [5.74, 6) is 0. The molecule has 0 N–H and O–H groups in total. The predicted molar refractivity (Wildman–Crippen MR) is 71.5 cm³/mol. The fourth-order valence-electron chi connectivity index (χ4n) is 6.97. The number of fused-ring (bicyclic) bond motifs is 15. The van der Waals surface area contributed by atoms with E-state index >= 15 is 0 Å². The van der Waals surface area contributed by atoms with Gasteiger partial charge in [-0.3, -0.25) is 0 Å². The lowest BCUT2D eigenvalue weighted by atomic mass is 25.5. The van der Waals surface area contributed by atoms with Gasteiger partial charge >= 0.3 is 0 Å². The molecule has 0 amide bonds. The minimum Gasteiger partial charge on any atom is -0.00523 e. The first kappa shape index (κ1) is 5.15. The van der Waals surface area contributed by atoms with Crippen LogP contribution < -0.4 is 0 Å². The van der Waals surface area contributed by atoms with Crippen molar-refractivity contribution in [3.05, 3.63) is 0 Å². The van der Waals surface area contributed by atoms with Crippen LogP contribution in [0.2, 0.25) is 0 Å². The summed E-state index contributed by atoms with van der Waals surface area (Å²) in [7, 11) is 7.78. The van der Waals surface area contributed by atoms with Crippen molar-refractivity contribution in [2.24, 2.45) is 0 Å². The van der Waals surface area contributed by atoms with E-state index in [0.717, 1.165) is 73.5 Å². The van der Waals surface area contributed by atoms with E-state index in [4.69, 9.17) is 0 Å². The highest BCUT2D eigenvalue weighted by molar-refractivity contribution is 8.76. The first-order chi connectivity index (χ1) is 5.00. The van der Waals surface area contributed by atoms with Gasteiger partial charge in [-0.25, -0.2) is 0 Å². The fraction of sp³-hybridized carbons (Fsp3) is 0. The van der Waals surface area contributed by atoms with Crippen molar-refractivity contribution in [2.75, 3.05) is 0 Å². The molecule has 5 heterocycles. The number of hydrogen-bond donors (Lipinski definition) is 0. The summed E-state index contributed by atoms with van der Waals surface area (Å²) in [4.78, 5) is 0. The number of rotatable bonds is 0. The summed E-state index contributed by atoms with van der Waals surface area (Å²) >= 11 is 0. The Kier molecular flexibility index (Phi) is 0.575. The average Bonchev–Trinajstić information content (AvgIpc) is 2.47. The maximum absolute atomic E-state index is 0.778. The Balaban J connectivity index is 1.89. The molecule has 0 saturated carbocycles. The highest BCUT2D eigenvalue weighted by Gasteiger charge is 3.00. The van der Waals surface area contributed by atoms with E-state index in [1.54, 1.807) is 0 Å². The lowest BCUT2D eigenvalue weighted by Gasteiger charge is -2.62. The summed E-state index contributed by atoms with van der Waals surface area (Å²) in [6.07, 6.45) is 0.